The molecule has 5 nitrogen and oxygen atoms in total. The van der Waals surface area contributed by atoms with Gasteiger partial charge in [-0.3, -0.25) is 14.1 Å². The Labute approximate surface area is 94.9 Å². The topological polar surface area (TPSA) is 62.3 Å². The van der Waals surface area contributed by atoms with Crippen LogP contribution in [0.25, 0.3) is 0 Å². The molecule has 2 heterocycles. The number of hydrogen-bond donors (Lipinski definition) is 1. The number of carbonyl (C=O) groups is 1. The molecule has 0 bridgehead atoms. The number of nitrogens with one attached hydrogen (secondary N) is 1. The van der Waals surface area contributed by atoms with Crippen molar-refractivity contribution in [3.05, 3.63) is 47.7 Å². The van der Waals surface area contributed by atoms with Gasteiger partial charge in [0.25, 0.3) is 0 Å². The van der Waals surface area contributed by atoms with E-state index >= 15 is 0 Å². The average Bonchev–Trinajstić information content (AvgIpc) is 2.31. The number of pyridine rings is 1. The Kier molecular flexibility index (Phi) is 3.11. The van der Waals surface area contributed by atoms with Crippen molar-refractivity contribution in [2.24, 2.45) is 0 Å². The van der Waals surface area contributed by atoms with Gasteiger partial charge in [0.15, 0.2) is 0 Å². The molecule has 1 aliphatic rings. The van der Waals surface area contributed by atoms with Gasteiger partial charge in [0.05, 0.1) is 22.7 Å². The summed E-state index contributed by atoms with van der Waals surface area (Å²) in [5, 5.41) is 5.52. The molecule has 0 saturated carbocycles. The van der Waals surface area contributed by atoms with E-state index in [0.717, 1.165) is 0 Å². The van der Waals surface area contributed by atoms with Gasteiger partial charge < -0.3 is 5.32 Å². The summed E-state index contributed by atoms with van der Waals surface area (Å²) in [5.41, 5.74) is 0.612. The molecule has 0 fully saturated rings. The van der Waals surface area contributed by atoms with Crippen molar-refractivity contribution in [3.63, 3.8) is 0 Å². The summed E-state index contributed by atoms with van der Waals surface area (Å²) < 4.78 is 11.0. The fraction of sp³-hybridized carbons (Fsp3) is 0. The Morgan fingerprint density at radius 1 is 1.38 bits per heavy atom. The van der Waals surface area contributed by atoms with Crippen molar-refractivity contribution in [3.8, 4) is 0 Å². The Bertz CT molecular complexity index is 454. The number of urea groups is 1. The van der Waals surface area contributed by atoms with Gasteiger partial charge in [0.1, 0.15) is 0 Å². The minimum atomic E-state index is -1.12. The molecule has 0 radical (unpaired) electrons. The summed E-state index contributed by atoms with van der Waals surface area (Å²) in [7, 11) is -1.12. The Morgan fingerprint density at radius 2 is 2.12 bits per heavy atom. The molecule has 0 spiro atoms. The summed E-state index contributed by atoms with van der Waals surface area (Å²) in [6, 6.07) is 3.14. The molecule has 0 aromatic carbocycles. The highest BCUT2D eigenvalue weighted by Crippen LogP contribution is 2.08. The van der Waals surface area contributed by atoms with E-state index in [-0.39, 0.29) is 6.03 Å². The largest absolute Gasteiger partial charge is 0.330 e. The van der Waals surface area contributed by atoms with Crippen LogP contribution >= 0.6 is 0 Å². The lowest BCUT2D eigenvalue weighted by atomic mass is 10.4. The normalized spacial score (nSPS) is 15.1. The van der Waals surface area contributed by atoms with Crippen LogP contribution < -0.4 is 5.32 Å². The van der Waals surface area contributed by atoms with Gasteiger partial charge >= 0.3 is 6.03 Å². The molecule has 0 atom stereocenters. The summed E-state index contributed by atoms with van der Waals surface area (Å²) in [6.45, 7) is 0. The summed E-state index contributed by atoms with van der Waals surface area (Å²) in [5.74, 6) is 0. The SMILES string of the molecule is O=C(Nc1cccnc1)N1C=CS(=O)C=C1. The highest BCUT2D eigenvalue weighted by molar-refractivity contribution is 7.90. The number of hydrogen-bond acceptors (Lipinski definition) is 3. The second-order valence-electron chi connectivity index (χ2n) is 2.98. The third-order valence-electron chi connectivity index (χ3n) is 1.86. The van der Waals surface area contributed by atoms with Crippen molar-refractivity contribution in [2.45, 2.75) is 0 Å². The number of carbonyl (C=O) groups excluding carboxylic acids is 1. The first-order valence-electron chi connectivity index (χ1n) is 4.51. The van der Waals surface area contributed by atoms with E-state index in [1.807, 2.05) is 0 Å². The Hall–Kier alpha value is -1.95. The highest BCUT2D eigenvalue weighted by atomic mass is 32.2. The first kappa shape index (κ1) is 10.6. The fourth-order valence-corrected chi connectivity index (χ4v) is 1.70. The zero-order valence-corrected chi connectivity index (χ0v) is 9.05. The van der Waals surface area contributed by atoms with Gasteiger partial charge in [-0.15, -0.1) is 0 Å². The molecule has 82 valence electrons. The smallest absolute Gasteiger partial charge is 0.306 e. The van der Waals surface area contributed by atoms with E-state index < -0.39 is 10.8 Å². The fourth-order valence-electron chi connectivity index (χ4n) is 1.11. The Balaban J connectivity index is 2.02. The van der Waals surface area contributed by atoms with Crippen LogP contribution in [-0.4, -0.2) is 20.1 Å². The monoisotopic (exact) mass is 235 g/mol. The van der Waals surface area contributed by atoms with Crippen molar-refractivity contribution >= 4 is 22.5 Å². The predicted octanol–water partition coefficient (Wildman–Crippen LogP) is 1.62. The molecule has 6 heteroatoms. The van der Waals surface area contributed by atoms with Crippen molar-refractivity contribution in [2.75, 3.05) is 5.32 Å². The number of nitrogens with zero attached hydrogens (tertiary/aromatic N) is 2. The van der Waals surface area contributed by atoms with E-state index in [9.17, 15) is 9.00 Å². The maximum absolute atomic E-state index is 11.7. The van der Waals surface area contributed by atoms with Crippen LogP contribution in [0.15, 0.2) is 47.7 Å². The number of aromatic nitrogens is 1. The number of amides is 2. The quantitative estimate of drug-likeness (QED) is 0.804. The molecule has 0 unspecified atom stereocenters. The van der Waals surface area contributed by atoms with Gasteiger partial charge in [-0.1, -0.05) is 0 Å². The van der Waals surface area contributed by atoms with Crippen LogP contribution in [0.5, 0.6) is 0 Å². The summed E-state index contributed by atoms with van der Waals surface area (Å²) in [6.07, 6.45) is 6.09. The van der Waals surface area contributed by atoms with Crippen LogP contribution in [0.2, 0.25) is 0 Å². The van der Waals surface area contributed by atoms with Gasteiger partial charge in [0.2, 0.25) is 0 Å². The Morgan fingerprint density at radius 3 is 2.75 bits per heavy atom. The van der Waals surface area contributed by atoms with Crippen LogP contribution in [-0.2, 0) is 10.8 Å². The lowest BCUT2D eigenvalue weighted by Crippen LogP contribution is -2.27. The minimum absolute atomic E-state index is 0.322. The number of rotatable bonds is 1. The maximum atomic E-state index is 11.7. The molecule has 1 N–H and O–H groups in total. The van der Waals surface area contributed by atoms with Crippen molar-refractivity contribution in [1.29, 1.82) is 0 Å². The molecule has 2 rings (SSSR count). The van der Waals surface area contributed by atoms with Crippen molar-refractivity contribution in [1.82, 2.24) is 9.88 Å². The lowest BCUT2D eigenvalue weighted by molar-refractivity contribution is 0.239. The van der Waals surface area contributed by atoms with Gasteiger partial charge in [-0.2, -0.15) is 0 Å². The van der Waals surface area contributed by atoms with Crippen LogP contribution in [0.1, 0.15) is 0 Å². The standard InChI is InChI=1S/C10H9N3O2S/c14-10(12-9-2-1-3-11-8-9)13-4-6-16(15)7-5-13/h1-8H,(H,12,14). The summed E-state index contributed by atoms with van der Waals surface area (Å²) in [4.78, 5) is 16.9. The first-order valence-corrected chi connectivity index (χ1v) is 5.79. The molecular weight excluding hydrogens is 226 g/mol. The minimum Gasteiger partial charge on any atom is -0.306 e. The van der Waals surface area contributed by atoms with Gasteiger partial charge in [-0.25, -0.2) is 4.79 Å². The van der Waals surface area contributed by atoms with Crippen LogP contribution in [0.3, 0.4) is 0 Å². The lowest BCUT2D eigenvalue weighted by Gasteiger charge is -2.16. The first-order chi connectivity index (χ1) is 7.75. The highest BCUT2D eigenvalue weighted by Gasteiger charge is 2.10. The molecule has 0 aliphatic carbocycles. The third-order valence-corrected chi connectivity index (χ3v) is 2.64. The van der Waals surface area contributed by atoms with Crippen LogP contribution in [0.4, 0.5) is 10.5 Å². The second-order valence-corrected chi connectivity index (χ2v) is 4.18. The van der Waals surface area contributed by atoms with E-state index in [4.69, 9.17) is 0 Å². The van der Waals surface area contributed by atoms with Crippen molar-refractivity contribution < 1.29 is 9.00 Å². The van der Waals surface area contributed by atoms with E-state index in [0.29, 0.717) is 5.69 Å². The van der Waals surface area contributed by atoms with E-state index in [2.05, 4.69) is 10.3 Å². The van der Waals surface area contributed by atoms with E-state index in [1.165, 1.54) is 28.1 Å². The second kappa shape index (κ2) is 4.71. The molecule has 1 aliphatic heterocycles. The molecule has 0 saturated heterocycles. The molecule has 16 heavy (non-hydrogen) atoms. The van der Waals surface area contributed by atoms with Crippen LogP contribution in [0, 0.1) is 0 Å². The molecular formula is C10H9N3O2S. The average molecular weight is 235 g/mol. The molecule has 1 aromatic rings. The molecule has 2 amide bonds. The third kappa shape index (κ3) is 2.54. The zero-order valence-electron chi connectivity index (χ0n) is 8.24. The van der Waals surface area contributed by atoms with E-state index in [1.54, 1.807) is 24.5 Å². The maximum Gasteiger partial charge on any atom is 0.330 e. The predicted molar refractivity (Wildman–Crippen MR) is 61.5 cm³/mol. The summed E-state index contributed by atoms with van der Waals surface area (Å²) >= 11 is 0. The van der Waals surface area contributed by atoms with Gasteiger partial charge in [-0.05, 0) is 12.1 Å². The number of anilines is 1. The van der Waals surface area contributed by atoms with Gasteiger partial charge in [0, 0.05) is 29.4 Å². The molecule has 1 aromatic heterocycles. The zero-order chi connectivity index (χ0) is 11.4.